The van der Waals surface area contributed by atoms with E-state index in [4.69, 9.17) is 9.62 Å². The number of carbonyl (C=O) groups excluding carboxylic acids is 2. The first-order chi connectivity index (χ1) is 17.6. The number of carbonyl (C=O) groups is 2. The SMILES string of the molecule is Cc1cc(C(C)(C)C)c(CCC(=O)OCCOOOC(=O)CCc2cc(O)c(C)cc2C(C)(C)C)cc1O. The van der Waals surface area contributed by atoms with E-state index in [9.17, 15) is 19.8 Å². The summed E-state index contributed by atoms with van der Waals surface area (Å²) in [4.78, 5) is 33.6. The van der Waals surface area contributed by atoms with E-state index < -0.39 is 11.9 Å². The molecule has 2 aromatic carbocycles. The molecule has 0 amide bonds. The summed E-state index contributed by atoms with van der Waals surface area (Å²) in [5.74, 6) is -0.658. The molecule has 0 atom stereocenters. The Balaban J connectivity index is 1.70. The van der Waals surface area contributed by atoms with Crippen LogP contribution >= 0.6 is 0 Å². The summed E-state index contributed by atoms with van der Waals surface area (Å²) in [5.41, 5.74) is 5.19. The van der Waals surface area contributed by atoms with Gasteiger partial charge in [-0.2, -0.15) is 4.89 Å². The van der Waals surface area contributed by atoms with Crippen molar-refractivity contribution < 1.29 is 39.4 Å². The molecule has 8 heteroatoms. The van der Waals surface area contributed by atoms with E-state index in [1.165, 1.54) is 0 Å². The summed E-state index contributed by atoms with van der Waals surface area (Å²) in [6, 6.07) is 7.28. The number of benzene rings is 2. The van der Waals surface area contributed by atoms with E-state index in [2.05, 4.69) is 51.5 Å². The summed E-state index contributed by atoms with van der Waals surface area (Å²) < 4.78 is 5.15. The van der Waals surface area contributed by atoms with Gasteiger partial charge in [0.25, 0.3) is 0 Å². The fourth-order valence-electron chi connectivity index (χ4n) is 4.16. The van der Waals surface area contributed by atoms with E-state index >= 15 is 0 Å². The lowest BCUT2D eigenvalue weighted by Gasteiger charge is -2.24. The fraction of sp³-hybridized carbons (Fsp3) is 0.533. The Bertz CT molecular complexity index is 1030. The third-order valence-corrected chi connectivity index (χ3v) is 6.26. The van der Waals surface area contributed by atoms with Gasteiger partial charge in [0.1, 0.15) is 24.7 Å². The average molecular weight is 531 g/mol. The van der Waals surface area contributed by atoms with Crippen LogP contribution in [0, 0.1) is 13.8 Å². The maximum absolute atomic E-state index is 12.1. The largest absolute Gasteiger partial charge is 0.508 e. The predicted octanol–water partition coefficient (Wildman–Crippen LogP) is 5.82. The zero-order valence-electron chi connectivity index (χ0n) is 23.9. The van der Waals surface area contributed by atoms with Crippen LogP contribution in [0.1, 0.15) is 87.8 Å². The molecule has 2 aromatic rings. The number of aromatic hydroxyl groups is 2. The molecule has 8 nitrogen and oxygen atoms in total. The molecule has 0 heterocycles. The van der Waals surface area contributed by atoms with Gasteiger partial charge >= 0.3 is 11.9 Å². The van der Waals surface area contributed by atoms with Crippen molar-refractivity contribution in [2.24, 2.45) is 0 Å². The first-order valence-electron chi connectivity index (χ1n) is 12.9. The second kappa shape index (κ2) is 13.1. The van der Waals surface area contributed by atoms with E-state index in [0.717, 1.165) is 33.4 Å². The monoisotopic (exact) mass is 530 g/mol. The standard InChI is InChI=1S/C30H42O8/c1-19-15-23(29(3,4)5)21(17-25(19)31)9-11-27(33)35-13-14-36-38-37-28(34)12-10-22-18-26(32)20(2)16-24(22)30(6,7)8/h15-18,31-32H,9-14H2,1-8H3. The number of ether oxygens (including phenoxy) is 1. The molecule has 0 aliphatic heterocycles. The maximum atomic E-state index is 12.1. The van der Waals surface area contributed by atoms with Crippen molar-refractivity contribution >= 4 is 11.9 Å². The Kier molecular flexibility index (Phi) is 10.7. The van der Waals surface area contributed by atoms with Crippen molar-refractivity contribution in [1.29, 1.82) is 0 Å². The fourth-order valence-corrected chi connectivity index (χ4v) is 4.16. The van der Waals surface area contributed by atoms with Gasteiger partial charge in [-0.3, -0.25) is 9.68 Å². The van der Waals surface area contributed by atoms with Gasteiger partial charge in [0.2, 0.25) is 0 Å². The normalized spacial score (nSPS) is 11.9. The van der Waals surface area contributed by atoms with Crippen LogP contribution in [0.5, 0.6) is 11.5 Å². The second-order valence-corrected chi connectivity index (χ2v) is 11.7. The summed E-state index contributed by atoms with van der Waals surface area (Å²) in [6.07, 6.45) is 0.988. The van der Waals surface area contributed by atoms with E-state index in [1.807, 2.05) is 26.0 Å². The van der Waals surface area contributed by atoms with Crippen molar-refractivity contribution in [3.05, 3.63) is 57.6 Å². The molecule has 0 radical (unpaired) electrons. The molecule has 0 spiro atoms. The molecule has 0 aliphatic rings. The van der Waals surface area contributed by atoms with Crippen LogP contribution in [0.25, 0.3) is 0 Å². The minimum absolute atomic E-state index is 0.0368. The minimum atomic E-state index is -0.627. The highest BCUT2D eigenvalue weighted by Gasteiger charge is 2.21. The zero-order chi connectivity index (χ0) is 28.7. The molecule has 0 saturated carbocycles. The Morgan fingerprint density at radius 1 is 0.711 bits per heavy atom. The van der Waals surface area contributed by atoms with Crippen molar-refractivity contribution in [2.75, 3.05) is 13.2 Å². The van der Waals surface area contributed by atoms with Crippen molar-refractivity contribution in [1.82, 2.24) is 0 Å². The van der Waals surface area contributed by atoms with Crippen LogP contribution in [0.4, 0.5) is 0 Å². The molecular formula is C30H42O8. The number of esters is 1. The van der Waals surface area contributed by atoms with E-state index in [-0.39, 0.29) is 48.4 Å². The highest BCUT2D eigenvalue weighted by atomic mass is 17.5. The number of rotatable bonds is 11. The Labute approximate surface area is 225 Å². The molecule has 2 rings (SSSR count). The second-order valence-electron chi connectivity index (χ2n) is 11.7. The third-order valence-electron chi connectivity index (χ3n) is 6.26. The topological polar surface area (TPSA) is 112 Å². The highest BCUT2D eigenvalue weighted by Crippen LogP contribution is 2.33. The average Bonchev–Trinajstić information content (AvgIpc) is 2.80. The van der Waals surface area contributed by atoms with Gasteiger partial charge in [-0.25, -0.2) is 4.79 Å². The van der Waals surface area contributed by atoms with Crippen LogP contribution in [-0.4, -0.2) is 35.4 Å². The van der Waals surface area contributed by atoms with Crippen LogP contribution < -0.4 is 0 Å². The number of hydrogen-bond donors (Lipinski definition) is 2. The summed E-state index contributed by atoms with van der Waals surface area (Å²) in [6.45, 7) is 16.0. The molecule has 0 bridgehead atoms. The summed E-state index contributed by atoms with van der Waals surface area (Å²) in [7, 11) is 0. The molecular weight excluding hydrogens is 488 g/mol. The van der Waals surface area contributed by atoms with Crippen LogP contribution in [0.2, 0.25) is 0 Å². The van der Waals surface area contributed by atoms with Gasteiger partial charge in [-0.15, -0.1) is 0 Å². The first kappa shape index (κ1) is 31.1. The maximum Gasteiger partial charge on any atom is 0.345 e. The summed E-state index contributed by atoms with van der Waals surface area (Å²) >= 11 is 0. The van der Waals surface area contributed by atoms with Crippen molar-refractivity contribution in [3.63, 3.8) is 0 Å². The predicted molar refractivity (Wildman–Crippen MR) is 144 cm³/mol. The molecule has 0 aromatic heterocycles. The van der Waals surface area contributed by atoms with Crippen LogP contribution in [-0.2, 0) is 52.8 Å². The quantitative estimate of drug-likeness (QED) is 0.162. The van der Waals surface area contributed by atoms with Gasteiger partial charge in [0.05, 0.1) is 6.42 Å². The van der Waals surface area contributed by atoms with E-state index in [1.54, 1.807) is 12.1 Å². The molecule has 2 N–H and O–H groups in total. The lowest BCUT2D eigenvalue weighted by atomic mass is 9.81. The zero-order valence-corrected chi connectivity index (χ0v) is 23.9. The minimum Gasteiger partial charge on any atom is -0.508 e. The Morgan fingerprint density at radius 2 is 1.16 bits per heavy atom. The van der Waals surface area contributed by atoms with Gasteiger partial charge < -0.3 is 14.9 Å². The number of phenols is 2. The Hall–Kier alpha value is -3.10. The van der Waals surface area contributed by atoms with Gasteiger partial charge in [0, 0.05) is 6.42 Å². The molecule has 0 saturated heterocycles. The molecule has 0 aliphatic carbocycles. The molecule has 0 fully saturated rings. The Morgan fingerprint density at radius 3 is 1.61 bits per heavy atom. The van der Waals surface area contributed by atoms with Crippen LogP contribution in [0.15, 0.2) is 24.3 Å². The first-order valence-corrected chi connectivity index (χ1v) is 12.9. The van der Waals surface area contributed by atoms with Gasteiger partial charge in [-0.1, -0.05) is 53.7 Å². The molecule has 210 valence electrons. The lowest BCUT2D eigenvalue weighted by molar-refractivity contribution is -0.487. The van der Waals surface area contributed by atoms with Gasteiger partial charge in [0.15, 0.2) is 0 Å². The smallest absolute Gasteiger partial charge is 0.345 e. The van der Waals surface area contributed by atoms with Gasteiger partial charge in [-0.05, 0) is 88.1 Å². The third kappa shape index (κ3) is 9.33. The van der Waals surface area contributed by atoms with Crippen molar-refractivity contribution in [3.8, 4) is 11.5 Å². The lowest BCUT2D eigenvalue weighted by Crippen LogP contribution is -2.17. The number of aryl methyl sites for hydroxylation is 4. The molecule has 0 unspecified atom stereocenters. The highest BCUT2D eigenvalue weighted by molar-refractivity contribution is 5.70. The van der Waals surface area contributed by atoms with E-state index in [0.29, 0.717) is 12.8 Å². The number of hydrogen-bond acceptors (Lipinski definition) is 8. The van der Waals surface area contributed by atoms with Crippen LogP contribution in [0.3, 0.4) is 0 Å². The number of phenolic OH excluding ortho intramolecular Hbond substituents is 2. The van der Waals surface area contributed by atoms with Crippen molar-refractivity contribution in [2.45, 2.75) is 91.9 Å². The molecule has 38 heavy (non-hydrogen) atoms. The summed E-state index contributed by atoms with van der Waals surface area (Å²) in [5, 5.41) is 24.6.